The van der Waals surface area contributed by atoms with Gasteiger partial charge >= 0.3 is 6.01 Å². The van der Waals surface area contributed by atoms with Crippen molar-refractivity contribution in [1.82, 2.24) is 15.0 Å². The van der Waals surface area contributed by atoms with E-state index in [2.05, 4.69) is 20.3 Å². The molecule has 2 aromatic rings. The van der Waals surface area contributed by atoms with Crippen LogP contribution >= 0.6 is 0 Å². The van der Waals surface area contributed by atoms with Crippen molar-refractivity contribution in [2.45, 2.75) is 20.0 Å². The number of hydrogen-bond acceptors (Lipinski definition) is 6. The molecule has 0 bridgehead atoms. The molecule has 7 heteroatoms. The van der Waals surface area contributed by atoms with Crippen LogP contribution in [0.4, 0.5) is 22.0 Å². The highest BCUT2D eigenvalue weighted by Gasteiger charge is 2.09. The highest BCUT2D eigenvalue weighted by atomic mass is 19.1. The number of ether oxygens (including phenoxy) is 1. The van der Waals surface area contributed by atoms with Crippen LogP contribution in [0.15, 0.2) is 24.3 Å². The minimum absolute atomic E-state index is 0.00416. The predicted molar refractivity (Wildman–Crippen MR) is 69.7 cm³/mol. The minimum Gasteiger partial charge on any atom is -0.461 e. The first-order chi connectivity index (χ1) is 9.04. The molecule has 0 atom stereocenters. The second kappa shape index (κ2) is 5.47. The molecule has 0 saturated heterocycles. The van der Waals surface area contributed by atoms with Crippen LogP contribution in [0.2, 0.25) is 0 Å². The molecule has 0 fully saturated rings. The molecule has 1 aromatic heterocycles. The molecule has 19 heavy (non-hydrogen) atoms. The van der Waals surface area contributed by atoms with E-state index in [0.29, 0.717) is 0 Å². The first-order valence-electron chi connectivity index (χ1n) is 5.74. The molecule has 0 saturated carbocycles. The van der Waals surface area contributed by atoms with Gasteiger partial charge < -0.3 is 15.8 Å². The number of anilines is 3. The summed E-state index contributed by atoms with van der Waals surface area (Å²) < 4.78 is 18.8. The zero-order valence-electron chi connectivity index (χ0n) is 10.6. The van der Waals surface area contributed by atoms with Crippen LogP contribution in [0.1, 0.15) is 13.8 Å². The lowest BCUT2D eigenvalue weighted by molar-refractivity contribution is 0.222. The van der Waals surface area contributed by atoms with Gasteiger partial charge in [-0.2, -0.15) is 15.0 Å². The van der Waals surface area contributed by atoms with E-state index in [1.165, 1.54) is 6.07 Å². The van der Waals surface area contributed by atoms with E-state index in [1.54, 1.807) is 18.2 Å². The van der Waals surface area contributed by atoms with Gasteiger partial charge in [-0.3, -0.25) is 0 Å². The largest absolute Gasteiger partial charge is 0.461 e. The maximum Gasteiger partial charge on any atom is 0.323 e. The number of nitrogens with two attached hydrogens (primary N) is 1. The number of rotatable bonds is 4. The molecule has 0 aliphatic rings. The Morgan fingerprint density at radius 2 is 1.95 bits per heavy atom. The van der Waals surface area contributed by atoms with E-state index >= 15 is 0 Å². The van der Waals surface area contributed by atoms with Gasteiger partial charge in [0.05, 0.1) is 11.8 Å². The maximum atomic E-state index is 13.5. The lowest BCUT2D eigenvalue weighted by Gasteiger charge is -2.10. The second-order valence-corrected chi connectivity index (χ2v) is 4.07. The van der Waals surface area contributed by atoms with E-state index in [9.17, 15) is 4.39 Å². The quantitative estimate of drug-likeness (QED) is 0.878. The molecule has 100 valence electrons. The van der Waals surface area contributed by atoms with E-state index in [0.717, 1.165) is 0 Å². The molecule has 2 rings (SSSR count). The Hall–Kier alpha value is -2.44. The number of benzene rings is 1. The topological polar surface area (TPSA) is 86.0 Å². The van der Waals surface area contributed by atoms with E-state index in [1.807, 2.05) is 13.8 Å². The molecule has 6 nitrogen and oxygen atoms in total. The van der Waals surface area contributed by atoms with Crippen molar-refractivity contribution >= 4 is 17.6 Å². The van der Waals surface area contributed by atoms with E-state index in [-0.39, 0.29) is 29.7 Å². The van der Waals surface area contributed by atoms with Crippen molar-refractivity contribution in [3.05, 3.63) is 30.1 Å². The van der Waals surface area contributed by atoms with Crippen molar-refractivity contribution in [3.8, 4) is 6.01 Å². The number of aromatic nitrogens is 3. The van der Waals surface area contributed by atoms with Gasteiger partial charge in [0.25, 0.3) is 0 Å². The summed E-state index contributed by atoms with van der Waals surface area (Å²) in [7, 11) is 0. The number of nitrogens with one attached hydrogen (secondary N) is 1. The zero-order chi connectivity index (χ0) is 13.8. The summed E-state index contributed by atoms with van der Waals surface area (Å²) in [6.07, 6.45) is -0.0943. The van der Waals surface area contributed by atoms with Crippen molar-refractivity contribution in [2.75, 3.05) is 11.1 Å². The summed E-state index contributed by atoms with van der Waals surface area (Å²) in [4.78, 5) is 11.7. The van der Waals surface area contributed by atoms with Gasteiger partial charge in [-0.1, -0.05) is 12.1 Å². The number of halogens is 1. The molecule has 0 amide bonds. The Morgan fingerprint density at radius 3 is 2.63 bits per heavy atom. The van der Waals surface area contributed by atoms with Crippen molar-refractivity contribution in [2.24, 2.45) is 0 Å². The lowest BCUT2D eigenvalue weighted by atomic mass is 10.3. The number of hydrogen-bond donors (Lipinski definition) is 2. The summed E-state index contributed by atoms with van der Waals surface area (Å²) in [5.74, 6) is -0.273. The summed E-state index contributed by atoms with van der Waals surface area (Å²) in [5.41, 5.74) is 5.80. The standard InChI is InChI=1S/C12H14FN5O/c1-7(2)19-12-17-10(14)16-11(18-12)15-9-6-4-3-5-8(9)13/h3-7H,1-2H3,(H3,14,15,16,17,18). The van der Waals surface area contributed by atoms with Gasteiger partial charge in [-0.15, -0.1) is 0 Å². The summed E-state index contributed by atoms with van der Waals surface area (Å²) in [5, 5.41) is 2.73. The van der Waals surface area contributed by atoms with Gasteiger partial charge in [0.15, 0.2) is 0 Å². The summed E-state index contributed by atoms with van der Waals surface area (Å²) in [6, 6.07) is 6.29. The Labute approximate surface area is 109 Å². The van der Waals surface area contributed by atoms with Crippen LogP contribution in [-0.4, -0.2) is 21.1 Å². The monoisotopic (exact) mass is 263 g/mol. The smallest absolute Gasteiger partial charge is 0.323 e. The molecule has 0 aliphatic heterocycles. The van der Waals surface area contributed by atoms with Crippen LogP contribution < -0.4 is 15.8 Å². The van der Waals surface area contributed by atoms with Gasteiger partial charge in [0.1, 0.15) is 5.82 Å². The van der Waals surface area contributed by atoms with Gasteiger partial charge in [0.2, 0.25) is 11.9 Å². The number of nitrogen functional groups attached to an aromatic ring is 1. The molecule has 0 radical (unpaired) electrons. The van der Waals surface area contributed by atoms with Crippen LogP contribution in [0.25, 0.3) is 0 Å². The van der Waals surface area contributed by atoms with Crippen molar-refractivity contribution < 1.29 is 9.13 Å². The first-order valence-corrected chi connectivity index (χ1v) is 5.74. The number of para-hydroxylation sites is 1. The summed E-state index contributed by atoms with van der Waals surface area (Å²) >= 11 is 0. The van der Waals surface area contributed by atoms with Crippen molar-refractivity contribution in [3.63, 3.8) is 0 Å². The highest BCUT2D eigenvalue weighted by molar-refractivity contribution is 5.54. The normalized spacial score (nSPS) is 10.5. The third-order valence-electron chi connectivity index (χ3n) is 2.09. The van der Waals surface area contributed by atoms with E-state index in [4.69, 9.17) is 10.5 Å². The predicted octanol–water partition coefficient (Wildman–Crippen LogP) is 2.12. The second-order valence-electron chi connectivity index (χ2n) is 4.07. The fraction of sp³-hybridized carbons (Fsp3) is 0.250. The third-order valence-corrected chi connectivity index (χ3v) is 2.09. The van der Waals surface area contributed by atoms with Crippen LogP contribution in [0.5, 0.6) is 6.01 Å². The Bertz CT molecular complexity index is 576. The SMILES string of the molecule is CC(C)Oc1nc(N)nc(Nc2ccccc2F)n1. The maximum absolute atomic E-state index is 13.5. The molecule has 1 aromatic carbocycles. The zero-order valence-corrected chi connectivity index (χ0v) is 10.6. The lowest BCUT2D eigenvalue weighted by Crippen LogP contribution is -2.12. The molecule has 3 N–H and O–H groups in total. The fourth-order valence-electron chi connectivity index (χ4n) is 1.37. The average Bonchev–Trinajstić information content (AvgIpc) is 2.30. The molecular formula is C12H14FN5O. The fourth-order valence-corrected chi connectivity index (χ4v) is 1.37. The Balaban J connectivity index is 2.25. The molecule has 0 aliphatic carbocycles. The molecule has 1 heterocycles. The van der Waals surface area contributed by atoms with Gasteiger partial charge in [-0.25, -0.2) is 4.39 Å². The van der Waals surface area contributed by atoms with Gasteiger partial charge in [0, 0.05) is 0 Å². The molecule has 0 unspecified atom stereocenters. The van der Waals surface area contributed by atoms with E-state index < -0.39 is 5.82 Å². The average molecular weight is 263 g/mol. The molecular weight excluding hydrogens is 249 g/mol. The minimum atomic E-state index is -0.409. The van der Waals surface area contributed by atoms with Crippen LogP contribution in [-0.2, 0) is 0 Å². The molecule has 0 spiro atoms. The number of nitrogens with zero attached hydrogens (tertiary/aromatic N) is 3. The highest BCUT2D eigenvalue weighted by Crippen LogP contribution is 2.18. The first kappa shape index (κ1) is 13.0. The third kappa shape index (κ3) is 3.51. The van der Waals surface area contributed by atoms with Crippen molar-refractivity contribution in [1.29, 1.82) is 0 Å². The Kier molecular flexibility index (Phi) is 3.74. The van der Waals surface area contributed by atoms with Crippen LogP contribution in [0, 0.1) is 5.82 Å². The summed E-state index contributed by atoms with van der Waals surface area (Å²) in [6.45, 7) is 3.67. The van der Waals surface area contributed by atoms with Gasteiger partial charge in [-0.05, 0) is 26.0 Å². The Morgan fingerprint density at radius 1 is 1.21 bits per heavy atom. The van der Waals surface area contributed by atoms with Crippen LogP contribution in [0.3, 0.4) is 0 Å².